The zero-order chi connectivity index (χ0) is 15.7. The Balaban J connectivity index is 2.60. The van der Waals surface area contributed by atoms with Gasteiger partial charge in [-0.15, -0.1) is 0 Å². The van der Waals surface area contributed by atoms with Gasteiger partial charge in [-0.2, -0.15) is 0 Å². The van der Waals surface area contributed by atoms with Crippen LogP contribution in [0.4, 0.5) is 15.9 Å². The maximum absolute atomic E-state index is 13.9. The predicted octanol–water partition coefficient (Wildman–Crippen LogP) is 3.09. The highest BCUT2D eigenvalue weighted by Crippen LogP contribution is 2.23. The number of halogens is 1. The average molecular weight is 288 g/mol. The molecule has 0 unspecified atom stereocenters. The molecule has 21 heavy (non-hydrogen) atoms. The number of carbonyl (C=O) groups excluding carboxylic acids is 1. The molecule has 1 aromatic heterocycles. The quantitative estimate of drug-likeness (QED) is 0.883. The lowest BCUT2D eigenvalue weighted by molar-refractivity contribution is 0.101. The van der Waals surface area contributed by atoms with Crippen LogP contribution in [-0.4, -0.2) is 10.4 Å². The number of carbonyl (C=O) groups is 1. The summed E-state index contributed by atoms with van der Waals surface area (Å²) in [6, 6.07) is 6.26. The molecular weight excluding hydrogens is 271 g/mol. The Morgan fingerprint density at radius 2 is 1.90 bits per heavy atom. The van der Waals surface area contributed by atoms with Crippen LogP contribution < -0.4 is 10.9 Å². The van der Waals surface area contributed by atoms with Gasteiger partial charge in [0.1, 0.15) is 11.6 Å². The smallest absolute Gasteiger partial charge is 0.254 e. The minimum atomic E-state index is -0.433. The van der Waals surface area contributed by atoms with E-state index < -0.39 is 5.82 Å². The Labute approximate surface area is 122 Å². The molecule has 1 N–H and O–H groups in total. The van der Waals surface area contributed by atoms with Crippen LogP contribution in [0.3, 0.4) is 0 Å². The highest BCUT2D eigenvalue weighted by molar-refractivity contribution is 5.99. The zero-order valence-electron chi connectivity index (χ0n) is 12.5. The summed E-state index contributed by atoms with van der Waals surface area (Å²) in [4.78, 5) is 23.8. The number of hydrogen-bond acceptors (Lipinski definition) is 3. The van der Waals surface area contributed by atoms with Gasteiger partial charge in [0.2, 0.25) is 0 Å². The van der Waals surface area contributed by atoms with Gasteiger partial charge >= 0.3 is 0 Å². The second kappa shape index (κ2) is 5.52. The fourth-order valence-electron chi connectivity index (χ4n) is 2.16. The monoisotopic (exact) mass is 288 g/mol. The van der Waals surface area contributed by atoms with E-state index in [-0.39, 0.29) is 17.0 Å². The molecule has 4 nitrogen and oxygen atoms in total. The van der Waals surface area contributed by atoms with Gasteiger partial charge in [0.25, 0.3) is 5.56 Å². The van der Waals surface area contributed by atoms with Gasteiger partial charge < -0.3 is 5.32 Å². The third-order valence-electron chi connectivity index (χ3n) is 3.35. The highest BCUT2D eigenvalue weighted by atomic mass is 19.1. The molecule has 0 aliphatic carbocycles. The van der Waals surface area contributed by atoms with Crippen LogP contribution in [0.25, 0.3) is 0 Å². The number of nitrogens with zero attached hydrogens (tertiary/aromatic N) is 1. The minimum Gasteiger partial charge on any atom is -0.339 e. The molecule has 0 saturated carbocycles. The van der Waals surface area contributed by atoms with Crippen LogP contribution in [0.2, 0.25) is 0 Å². The number of benzene rings is 1. The van der Waals surface area contributed by atoms with E-state index in [0.717, 1.165) is 5.56 Å². The number of Topliss-reactive ketones (excluding diaryl/α,β-unsaturated/α-hetero) is 1. The molecule has 0 bridgehead atoms. The second-order valence-electron chi connectivity index (χ2n) is 5.12. The number of aryl methyl sites for hydroxylation is 2. The predicted molar refractivity (Wildman–Crippen MR) is 80.8 cm³/mol. The zero-order valence-corrected chi connectivity index (χ0v) is 12.5. The lowest BCUT2D eigenvalue weighted by atomic mass is 10.1. The fraction of sp³-hybridized carbons (Fsp3) is 0.250. The molecule has 110 valence electrons. The van der Waals surface area contributed by atoms with Gasteiger partial charge in [0.15, 0.2) is 5.78 Å². The molecule has 5 heteroatoms. The summed E-state index contributed by atoms with van der Waals surface area (Å²) in [7, 11) is 1.55. The van der Waals surface area contributed by atoms with Gasteiger partial charge in [0.05, 0.1) is 11.3 Å². The van der Waals surface area contributed by atoms with E-state index >= 15 is 0 Å². The van der Waals surface area contributed by atoms with E-state index in [2.05, 4.69) is 5.32 Å². The van der Waals surface area contributed by atoms with Gasteiger partial charge in [-0.05, 0) is 44.5 Å². The molecule has 0 saturated heterocycles. The van der Waals surface area contributed by atoms with E-state index in [1.165, 1.54) is 23.6 Å². The molecule has 0 spiro atoms. The summed E-state index contributed by atoms with van der Waals surface area (Å²) >= 11 is 0. The van der Waals surface area contributed by atoms with Crippen molar-refractivity contribution in [3.63, 3.8) is 0 Å². The fourth-order valence-corrected chi connectivity index (χ4v) is 2.16. The molecule has 0 atom stereocenters. The number of aromatic nitrogens is 1. The minimum absolute atomic E-state index is 0.191. The standard InChI is InChI=1S/C16H17FN2O2/c1-9-5-6-14(13(17)7-9)18-15-12(11(3)20)8-10(2)16(21)19(15)4/h5-8,18H,1-4H3. The first-order chi connectivity index (χ1) is 9.81. The molecule has 1 heterocycles. The number of nitrogens with one attached hydrogen (secondary N) is 1. The molecule has 0 radical (unpaired) electrons. The van der Waals surface area contributed by atoms with Crippen molar-refractivity contribution in [3.8, 4) is 0 Å². The molecule has 0 fully saturated rings. The van der Waals surface area contributed by atoms with Crippen LogP contribution in [0.15, 0.2) is 29.1 Å². The van der Waals surface area contributed by atoms with E-state index in [4.69, 9.17) is 0 Å². The number of hydrogen-bond donors (Lipinski definition) is 1. The third-order valence-corrected chi connectivity index (χ3v) is 3.35. The van der Waals surface area contributed by atoms with E-state index in [0.29, 0.717) is 16.9 Å². The Morgan fingerprint density at radius 3 is 2.48 bits per heavy atom. The first-order valence-corrected chi connectivity index (χ1v) is 6.56. The van der Waals surface area contributed by atoms with Crippen LogP contribution >= 0.6 is 0 Å². The Hall–Kier alpha value is -2.43. The molecular formula is C16H17FN2O2. The van der Waals surface area contributed by atoms with E-state index in [1.807, 2.05) is 0 Å². The largest absolute Gasteiger partial charge is 0.339 e. The van der Waals surface area contributed by atoms with Crippen molar-refractivity contribution < 1.29 is 9.18 Å². The maximum Gasteiger partial charge on any atom is 0.254 e. The molecule has 1 aromatic carbocycles. The van der Waals surface area contributed by atoms with Crippen LogP contribution in [0.1, 0.15) is 28.4 Å². The van der Waals surface area contributed by atoms with Gasteiger partial charge in [-0.3, -0.25) is 14.2 Å². The van der Waals surface area contributed by atoms with Crippen molar-refractivity contribution in [2.45, 2.75) is 20.8 Å². The number of rotatable bonds is 3. The van der Waals surface area contributed by atoms with Crippen LogP contribution in [0, 0.1) is 19.7 Å². The number of ketones is 1. The summed E-state index contributed by atoms with van der Waals surface area (Å²) in [5.41, 5.74) is 1.62. The first-order valence-electron chi connectivity index (χ1n) is 6.56. The highest BCUT2D eigenvalue weighted by Gasteiger charge is 2.15. The summed E-state index contributed by atoms with van der Waals surface area (Å²) in [6.07, 6.45) is 0. The molecule has 2 aromatic rings. The van der Waals surface area contributed by atoms with Crippen LogP contribution in [0.5, 0.6) is 0 Å². The maximum atomic E-state index is 13.9. The van der Waals surface area contributed by atoms with Crippen molar-refractivity contribution in [3.05, 3.63) is 57.1 Å². The Kier molecular flexibility index (Phi) is 3.93. The summed E-state index contributed by atoms with van der Waals surface area (Å²) in [6.45, 7) is 4.84. The lowest BCUT2D eigenvalue weighted by Gasteiger charge is -2.16. The summed E-state index contributed by atoms with van der Waals surface area (Å²) in [5.74, 6) is -0.331. The normalized spacial score (nSPS) is 10.5. The average Bonchev–Trinajstić information content (AvgIpc) is 2.41. The molecule has 0 aliphatic heterocycles. The lowest BCUT2D eigenvalue weighted by Crippen LogP contribution is -2.24. The van der Waals surface area contributed by atoms with Crippen molar-refractivity contribution in [1.29, 1.82) is 0 Å². The molecule has 0 amide bonds. The summed E-state index contributed by atoms with van der Waals surface area (Å²) in [5, 5.41) is 2.85. The van der Waals surface area contributed by atoms with Gasteiger partial charge in [-0.1, -0.05) is 6.07 Å². The van der Waals surface area contributed by atoms with Crippen LogP contribution in [-0.2, 0) is 7.05 Å². The van der Waals surface area contributed by atoms with E-state index in [9.17, 15) is 14.0 Å². The molecule has 0 aliphatic rings. The Bertz CT molecular complexity index is 779. The third kappa shape index (κ3) is 2.86. The van der Waals surface area contributed by atoms with Crippen molar-refractivity contribution in [1.82, 2.24) is 4.57 Å². The molecule has 2 rings (SSSR count). The Morgan fingerprint density at radius 1 is 1.24 bits per heavy atom. The number of pyridine rings is 1. The number of anilines is 2. The first kappa shape index (κ1) is 15.0. The summed E-state index contributed by atoms with van der Waals surface area (Å²) < 4.78 is 15.3. The van der Waals surface area contributed by atoms with Crippen molar-refractivity contribution in [2.75, 3.05) is 5.32 Å². The van der Waals surface area contributed by atoms with E-state index in [1.54, 1.807) is 33.0 Å². The van der Waals surface area contributed by atoms with Crippen molar-refractivity contribution in [2.24, 2.45) is 7.05 Å². The second-order valence-corrected chi connectivity index (χ2v) is 5.12. The van der Waals surface area contributed by atoms with Crippen molar-refractivity contribution >= 4 is 17.3 Å². The van der Waals surface area contributed by atoms with Gasteiger partial charge in [0, 0.05) is 12.6 Å². The SMILES string of the molecule is CC(=O)c1cc(C)c(=O)n(C)c1Nc1ccc(C)cc1F. The topological polar surface area (TPSA) is 51.1 Å². The van der Waals surface area contributed by atoms with Gasteiger partial charge in [-0.25, -0.2) is 4.39 Å².